The number of terminal acetylenes is 1. The number of unbranched alkanes of at least 4 members (excludes halogenated alkanes) is 18. The molecule has 67 heavy (non-hydrogen) atoms. The number of likely N-dealkylation sites (tertiary alicyclic amines) is 1. The van der Waals surface area contributed by atoms with E-state index in [9.17, 15) is 34.8 Å². The van der Waals surface area contributed by atoms with E-state index in [1.165, 1.54) is 104 Å². The fourth-order valence-electron chi connectivity index (χ4n) is 7.72. The van der Waals surface area contributed by atoms with Crippen LogP contribution in [0.4, 0.5) is 0 Å². The van der Waals surface area contributed by atoms with Gasteiger partial charge in [0.25, 0.3) is 0 Å². The Morgan fingerprint density at radius 3 is 1.64 bits per heavy atom. The van der Waals surface area contributed by atoms with Crippen molar-refractivity contribution in [3.8, 4) is 23.8 Å². The lowest BCUT2D eigenvalue weighted by Gasteiger charge is -2.25. The largest absolute Gasteiger partial charge is 0.463 e. The number of carbonyl (C=O) groups excluding carboxylic acids is 3. The molecule has 1 amide bonds. The fraction of sp³-hybridized carbons (Fsp3) is 0.691. The van der Waals surface area contributed by atoms with Gasteiger partial charge in [0.15, 0.2) is 11.5 Å². The summed E-state index contributed by atoms with van der Waals surface area (Å²) in [4.78, 5) is 35.1. The van der Waals surface area contributed by atoms with Crippen LogP contribution >= 0.6 is 0 Å². The molecule has 0 saturated carbocycles. The minimum absolute atomic E-state index is 0.0286. The SMILES string of the molecule is C#CCCCCCCCCCCCC(O)CC(O)COC(C)=O.C=CCCCCCCCCCCCC(O)CC(O)COC(C)=O.O=C(C=CC=Cc1ccc2c(c1)OCO2)N1CCCCC1. The molecule has 1 saturated heterocycles. The third-order valence-electron chi connectivity index (χ3n) is 11.6. The lowest BCUT2D eigenvalue weighted by molar-refractivity contribution is -0.145. The van der Waals surface area contributed by atoms with E-state index < -0.39 is 36.4 Å². The van der Waals surface area contributed by atoms with E-state index in [4.69, 9.17) is 25.4 Å². The van der Waals surface area contributed by atoms with Gasteiger partial charge in [0.2, 0.25) is 12.7 Å². The molecule has 2 aliphatic rings. The minimum atomic E-state index is -0.775. The third kappa shape index (κ3) is 36.6. The Morgan fingerprint density at radius 2 is 1.15 bits per heavy atom. The molecular weight excluding hydrogens is 851 g/mol. The highest BCUT2D eigenvalue weighted by molar-refractivity contribution is 5.88. The average Bonchev–Trinajstić information content (AvgIpc) is 3.79. The van der Waals surface area contributed by atoms with Crippen LogP contribution in [0, 0.1) is 12.3 Å². The molecule has 1 aromatic rings. The first-order chi connectivity index (χ1) is 32.4. The molecule has 0 aliphatic carbocycles. The summed E-state index contributed by atoms with van der Waals surface area (Å²) in [6.07, 6.45) is 41.3. The number of carbonyl (C=O) groups is 3. The van der Waals surface area contributed by atoms with Gasteiger partial charge < -0.3 is 44.3 Å². The van der Waals surface area contributed by atoms with Gasteiger partial charge in [-0.25, -0.2) is 0 Å². The number of nitrogens with zero attached hydrogens (tertiary/aromatic N) is 1. The van der Waals surface area contributed by atoms with Gasteiger partial charge in [0.1, 0.15) is 13.2 Å². The van der Waals surface area contributed by atoms with Crippen molar-refractivity contribution in [2.75, 3.05) is 33.1 Å². The monoisotopic (exact) mass is 940 g/mol. The van der Waals surface area contributed by atoms with E-state index in [1.807, 2.05) is 41.3 Å². The number of rotatable bonds is 34. The Balaban J connectivity index is 0.000000502. The van der Waals surface area contributed by atoms with E-state index in [0.717, 1.165) is 87.9 Å². The van der Waals surface area contributed by atoms with E-state index in [1.54, 1.807) is 12.2 Å². The van der Waals surface area contributed by atoms with Gasteiger partial charge in [-0.2, -0.15) is 0 Å². The number of benzene rings is 1. The summed E-state index contributed by atoms with van der Waals surface area (Å²) in [5.41, 5.74) is 1.02. The van der Waals surface area contributed by atoms with Gasteiger partial charge >= 0.3 is 11.9 Å². The normalized spacial score (nSPS) is 14.8. The van der Waals surface area contributed by atoms with Gasteiger partial charge in [-0.3, -0.25) is 14.4 Å². The number of fused-ring (bicyclic) bond motifs is 1. The van der Waals surface area contributed by atoms with Crippen molar-refractivity contribution in [2.24, 2.45) is 0 Å². The highest BCUT2D eigenvalue weighted by Gasteiger charge is 2.16. The average molecular weight is 940 g/mol. The van der Waals surface area contributed by atoms with Gasteiger partial charge in [-0.1, -0.05) is 133 Å². The molecule has 2 aliphatic heterocycles. The second kappa shape index (κ2) is 42.0. The van der Waals surface area contributed by atoms with Crippen LogP contribution < -0.4 is 9.47 Å². The number of esters is 2. The van der Waals surface area contributed by atoms with Crippen LogP contribution in [0.3, 0.4) is 0 Å². The smallest absolute Gasteiger partial charge is 0.302 e. The molecule has 0 bridgehead atoms. The van der Waals surface area contributed by atoms with Crippen LogP contribution in [0.5, 0.6) is 11.5 Å². The zero-order chi connectivity index (χ0) is 49.2. The molecule has 12 nitrogen and oxygen atoms in total. The van der Waals surface area contributed by atoms with Crippen LogP contribution in [-0.4, -0.2) is 101 Å². The van der Waals surface area contributed by atoms with Crippen molar-refractivity contribution in [3.05, 3.63) is 54.6 Å². The van der Waals surface area contributed by atoms with Crippen molar-refractivity contribution in [3.63, 3.8) is 0 Å². The number of piperidine rings is 1. The predicted molar refractivity (Wildman–Crippen MR) is 268 cm³/mol. The number of aliphatic hydroxyl groups excluding tert-OH is 4. The summed E-state index contributed by atoms with van der Waals surface area (Å²) < 4.78 is 20.0. The first kappa shape index (κ1) is 60.9. The number of hydrogen-bond donors (Lipinski definition) is 4. The molecule has 4 atom stereocenters. The molecule has 3 rings (SSSR count). The molecule has 1 fully saturated rings. The van der Waals surface area contributed by atoms with Crippen molar-refractivity contribution < 1.29 is 53.8 Å². The summed E-state index contributed by atoms with van der Waals surface area (Å²) in [7, 11) is 0. The molecule has 1 aromatic carbocycles. The van der Waals surface area contributed by atoms with E-state index in [-0.39, 0.29) is 38.8 Å². The van der Waals surface area contributed by atoms with Crippen molar-refractivity contribution in [1.29, 1.82) is 0 Å². The molecular formula is C55H89NO11. The van der Waals surface area contributed by atoms with Crippen molar-refractivity contribution >= 4 is 23.9 Å². The maximum absolute atomic E-state index is 11.9. The first-order valence-corrected chi connectivity index (χ1v) is 25.5. The Bertz CT molecular complexity index is 1530. The fourth-order valence-corrected chi connectivity index (χ4v) is 7.72. The van der Waals surface area contributed by atoms with E-state index in [2.05, 4.69) is 12.5 Å². The molecule has 0 radical (unpaired) electrons. The zero-order valence-corrected chi connectivity index (χ0v) is 41.4. The number of hydrogen-bond acceptors (Lipinski definition) is 11. The summed E-state index contributed by atoms with van der Waals surface area (Å²) in [5, 5.41) is 38.8. The summed E-state index contributed by atoms with van der Waals surface area (Å²) in [6.45, 7) is 8.34. The van der Waals surface area contributed by atoms with Crippen molar-refractivity contribution in [1.82, 2.24) is 4.90 Å². The number of amides is 1. The quantitative estimate of drug-likeness (QED) is 0.0129. The van der Waals surface area contributed by atoms with Gasteiger partial charge in [0, 0.05) is 52.3 Å². The van der Waals surface area contributed by atoms with Crippen LogP contribution in [0.15, 0.2) is 49.1 Å². The predicted octanol–water partition coefficient (Wildman–Crippen LogP) is 10.7. The minimum Gasteiger partial charge on any atom is -0.463 e. The van der Waals surface area contributed by atoms with Gasteiger partial charge in [-0.05, 0) is 69.1 Å². The topological polar surface area (TPSA) is 172 Å². The number of aliphatic hydroxyl groups is 4. The third-order valence-corrected chi connectivity index (χ3v) is 11.6. The molecule has 0 aromatic heterocycles. The van der Waals surface area contributed by atoms with Crippen LogP contribution in [0.25, 0.3) is 6.08 Å². The molecule has 380 valence electrons. The highest BCUT2D eigenvalue weighted by Crippen LogP contribution is 2.32. The first-order valence-electron chi connectivity index (χ1n) is 25.5. The van der Waals surface area contributed by atoms with Crippen LogP contribution in [-0.2, 0) is 23.9 Å². The number of ether oxygens (including phenoxy) is 4. The Hall–Kier alpha value is -4.15. The maximum Gasteiger partial charge on any atom is 0.302 e. The maximum atomic E-state index is 11.9. The van der Waals surface area contributed by atoms with E-state index in [0.29, 0.717) is 12.8 Å². The Morgan fingerprint density at radius 1 is 0.672 bits per heavy atom. The summed E-state index contributed by atoms with van der Waals surface area (Å²) >= 11 is 0. The zero-order valence-electron chi connectivity index (χ0n) is 41.4. The molecule has 4 N–H and O–H groups in total. The number of allylic oxidation sites excluding steroid dienone is 3. The van der Waals surface area contributed by atoms with Crippen LogP contribution in [0.2, 0.25) is 0 Å². The Labute approximate surface area is 404 Å². The Kier molecular flexibility index (Phi) is 38.1. The lowest BCUT2D eigenvalue weighted by atomic mass is 10.0. The highest BCUT2D eigenvalue weighted by atomic mass is 16.7. The van der Waals surface area contributed by atoms with Crippen molar-refractivity contribution in [2.45, 2.75) is 212 Å². The second-order valence-corrected chi connectivity index (χ2v) is 17.9. The van der Waals surface area contributed by atoms with Crippen LogP contribution in [0.1, 0.15) is 193 Å². The molecule has 12 heteroatoms. The van der Waals surface area contributed by atoms with Gasteiger partial charge in [0.05, 0.1) is 24.4 Å². The molecule has 4 unspecified atom stereocenters. The lowest BCUT2D eigenvalue weighted by Crippen LogP contribution is -2.34. The summed E-state index contributed by atoms with van der Waals surface area (Å²) in [5.74, 6) is 3.51. The van der Waals surface area contributed by atoms with Gasteiger partial charge in [-0.15, -0.1) is 18.9 Å². The summed E-state index contributed by atoms with van der Waals surface area (Å²) in [6, 6.07) is 5.79. The van der Waals surface area contributed by atoms with E-state index >= 15 is 0 Å². The second-order valence-electron chi connectivity index (χ2n) is 17.9. The molecule has 2 heterocycles. The molecule has 0 spiro atoms. The standard InChI is InChI=1S/C19H36O4.C19H34O4.C17H19NO3/c2*1-3-4-5-6-7-8-9-10-11-12-13-14-18(21)15-19(22)16-23-17(2)20;19-17(18-10-4-1-5-11-18)7-3-2-6-14-8-9-15-16(12-14)21-13-20-15/h3,18-19,21-22H,1,4-16H2,2H3;1,18-19,21-22H,4-16H2,2H3;2-3,6-9,12H,1,4-5,10-11,13H2.